The Morgan fingerprint density at radius 1 is 1.12 bits per heavy atom. The zero-order valence-corrected chi connectivity index (χ0v) is 13.6. The number of rotatable bonds is 6. The topological polar surface area (TPSA) is 113 Å². The van der Waals surface area contributed by atoms with Crippen molar-refractivity contribution < 1.29 is 14.5 Å². The van der Waals surface area contributed by atoms with E-state index in [0.717, 1.165) is 11.1 Å². The van der Waals surface area contributed by atoms with Crippen LogP contribution in [0.2, 0.25) is 0 Å². The predicted octanol–water partition coefficient (Wildman–Crippen LogP) is 2.34. The van der Waals surface area contributed by atoms with Gasteiger partial charge in [0.2, 0.25) is 5.91 Å². The molecule has 25 heavy (non-hydrogen) atoms. The average molecular weight is 342 g/mol. The molecule has 8 nitrogen and oxygen atoms in total. The summed E-state index contributed by atoms with van der Waals surface area (Å²) in [5, 5.41) is 18.3. The van der Waals surface area contributed by atoms with Crippen molar-refractivity contribution in [3.05, 3.63) is 69.8 Å². The van der Waals surface area contributed by atoms with Crippen LogP contribution in [0.3, 0.4) is 0 Å². The predicted molar refractivity (Wildman–Crippen MR) is 93.1 cm³/mol. The van der Waals surface area contributed by atoms with E-state index in [-0.39, 0.29) is 12.2 Å². The van der Waals surface area contributed by atoms with E-state index in [1.165, 1.54) is 12.1 Å². The number of nitrogens with one attached hydrogen (secondary N) is 3. The van der Waals surface area contributed by atoms with Crippen molar-refractivity contribution in [3.8, 4) is 0 Å². The second-order valence-electron chi connectivity index (χ2n) is 5.33. The summed E-state index contributed by atoms with van der Waals surface area (Å²) in [7, 11) is 0. The third kappa shape index (κ3) is 5.61. The Kier molecular flexibility index (Phi) is 6.05. The highest BCUT2D eigenvalue weighted by Gasteiger charge is 2.11. The lowest BCUT2D eigenvalue weighted by atomic mass is 10.2. The first-order chi connectivity index (χ1) is 12.0. The second kappa shape index (κ2) is 8.44. The Bertz CT molecular complexity index is 777. The number of non-ortho nitro benzene ring substituents is 1. The summed E-state index contributed by atoms with van der Waals surface area (Å²) in [6.07, 6.45) is 0. The normalized spacial score (nSPS) is 9.96. The van der Waals surface area contributed by atoms with Gasteiger partial charge in [0.1, 0.15) is 0 Å². The van der Waals surface area contributed by atoms with Gasteiger partial charge < -0.3 is 10.6 Å². The van der Waals surface area contributed by atoms with Gasteiger partial charge in [0.05, 0.1) is 11.5 Å². The van der Waals surface area contributed by atoms with Crippen molar-refractivity contribution in [1.82, 2.24) is 10.6 Å². The molecular weight excluding hydrogens is 324 g/mol. The van der Waals surface area contributed by atoms with Crippen LogP contribution in [0.4, 0.5) is 16.2 Å². The van der Waals surface area contributed by atoms with Crippen molar-refractivity contribution in [2.75, 3.05) is 11.9 Å². The van der Waals surface area contributed by atoms with Gasteiger partial charge in [-0.1, -0.05) is 36.4 Å². The molecule has 0 aromatic heterocycles. The zero-order chi connectivity index (χ0) is 18.2. The number of urea groups is 1. The van der Waals surface area contributed by atoms with E-state index < -0.39 is 16.9 Å². The molecule has 0 atom stereocenters. The van der Waals surface area contributed by atoms with Crippen LogP contribution in [-0.4, -0.2) is 23.4 Å². The van der Waals surface area contributed by atoms with E-state index in [1.54, 1.807) is 13.0 Å². The number of carbonyl (C=O) groups is 2. The highest BCUT2D eigenvalue weighted by atomic mass is 16.6. The average Bonchev–Trinajstić information content (AvgIpc) is 2.60. The number of amides is 3. The summed E-state index contributed by atoms with van der Waals surface area (Å²) < 4.78 is 0. The summed E-state index contributed by atoms with van der Waals surface area (Å²) in [6, 6.07) is 13.0. The molecule has 0 aliphatic rings. The van der Waals surface area contributed by atoms with Gasteiger partial charge in [0.25, 0.3) is 5.69 Å². The maximum Gasteiger partial charge on any atom is 0.321 e. The largest absolute Gasteiger partial charge is 0.376 e. The Labute approximate surface area is 144 Å². The first-order valence-electron chi connectivity index (χ1n) is 7.56. The summed E-state index contributed by atoms with van der Waals surface area (Å²) in [4.78, 5) is 33.8. The van der Waals surface area contributed by atoms with E-state index in [0.29, 0.717) is 12.2 Å². The third-order valence-corrected chi connectivity index (χ3v) is 3.42. The molecule has 0 saturated heterocycles. The number of nitro groups is 1. The third-order valence-electron chi connectivity index (χ3n) is 3.42. The molecule has 0 spiro atoms. The van der Waals surface area contributed by atoms with E-state index in [2.05, 4.69) is 16.0 Å². The van der Waals surface area contributed by atoms with Gasteiger partial charge in [-0.15, -0.1) is 0 Å². The number of nitro benzene ring substituents is 1. The Morgan fingerprint density at radius 3 is 2.52 bits per heavy atom. The van der Waals surface area contributed by atoms with E-state index in [4.69, 9.17) is 0 Å². The van der Waals surface area contributed by atoms with Crippen molar-refractivity contribution in [1.29, 1.82) is 0 Å². The van der Waals surface area contributed by atoms with Crippen molar-refractivity contribution in [2.45, 2.75) is 13.5 Å². The molecule has 0 bridgehead atoms. The van der Waals surface area contributed by atoms with Crippen LogP contribution >= 0.6 is 0 Å². The van der Waals surface area contributed by atoms with Gasteiger partial charge >= 0.3 is 6.03 Å². The van der Waals surface area contributed by atoms with Gasteiger partial charge in [-0.25, -0.2) is 4.79 Å². The molecule has 0 fully saturated rings. The van der Waals surface area contributed by atoms with Crippen LogP contribution in [0, 0.1) is 17.0 Å². The minimum atomic E-state index is -0.605. The number of aryl methyl sites for hydroxylation is 1. The van der Waals surface area contributed by atoms with Crippen LogP contribution in [0.15, 0.2) is 48.5 Å². The van der Waals surface area contributed by atoms with Gasteiger partial charge in [-0.2, -0.15) is 0 Å². The fourth-order valence-electron chi connectivity index (χ4n) is 2.08. The molecule has 8 heteroatoms. The number of imide groups is 1. The van der Waals surface area contributed by atoms with Gasteiger partial charge in [0.15, 0.2) is 0 Å². The number of hydrogen-bond donors (Lipinski definition) is 3. The number of carbonyl (C=O) groups excluding carboxylic acids is 2. The zero-order valence-electron chi connectivity index (χ0n) is 13.6. The molecule has 2 aromatic carbocycles. The van der Waals surface area contributed by atoms with Crippen LogP contribution in [0.1, 0.15) is 11.1 Å². The molecule has 0 heterocycles. The summed E-state index contributed by atoms with van der Waals surface area (Å²) in [6.45, 7) is 1.88. The lowest BCUT2D eigenvalue weighted by molar-refractivity contribution is -0.384. The quantitative estimate of drug-likeness (QED) is 0.551. The summed E-state index contributed by atoms with van der Waals surface area (Å²) in [5.74, 6) is -0.545. The lowest BCUT2D eigenvalue weighted by Crippen LogP contribution is -2.41. The summed E-state index contributed by atoms with van der Waals surface area (Å²) >= 11 is 0. The molecule has 3 N–H and O–H groups in total. The molecule has 0 unspecified atom stereocenters. The number of hydrogen-bond acceptors (Lipinski definition) is 5. The first kappa shape index (κ1) is 17.9. The van der Waals surface area contributed by atoms with Gasteiger partial charge in [-0.05, 0) is 18.1 Å². The monoisotopic (exact) mass is 342 g/mol. The highest BCUT2D eigenvalue weighted by molar-refractivity contribution is 5.96. The minimum absolute atomic E-state index is 0.0749. The molecule has 0 radical (unpaired) electrons. The molecular formula is C17H18N4O4. The smallest absolute Gasteiger partial charge is 0.321 e. The van der Waals surface area contributed by atoms with Gasteiger partial charge in [0, 0.05) is 24.4 Å². The van der Waals surface area contributed by atoms with Crippen LogP contribution in [-0.2, 0) is 11.3 Å². The first-order valence-corrected chi connectivity index (χ1v) is 7.56. The molecule has 2 aromatic rings. The van der Waals surface area contributed by atoms with Crippen LogP contribution in [0.5, 0.6) is 0 Å². The molecule has 130 valence electrons. The molecule has 0 saturated carbocycles. The van der Waals surface area contributed by atoms with E-state index in [1.807, 2.05) is 30.3 Å². The van der Waals surface area contributed by atoms with Crippen LogP contribution in [0.25, 0.3) is 0 Å². The van der Waals surface area contributed by atoms with Crippen molar-refractivity contribution >= 4 is 23.3 Å². The second-order valence-corrected chi connectivity index (χ2v) is 5.33. The number of nitrogens with zero attached hydrogens (tertiary/aromatic N) is 1. The standard InChI is InChI=1S/C17H18N4O4/c1-12-7-8-14(21(24)25)9-15(12)18-11-16(22)20-17(23)19-10-13-5-3-2-4-6-13/h2-9,18H,10-11H2,1H3,(H2,19,20,22,23). The fourth-order valence-corrected chi connectivity index (χ4v) is 2.08. The maximum absolute atomic E-state index is 11.8. The minimum Gasteiger partial charge on any atom is -0.376 e. The molecule has 0 aliphatic carbocycles. The SMILES string of the molecule is Cc1ccc([N+](=O)[O-])cc1NCC(=O)NC(=O)NCc1ccccc1. The van der Waals surface area contributed by atoms with Gasteiger partial charge in [-0.3, -0.25) is 20.2 Å². The molecule has 3 amide bonds. The lowest BCUT2D eigenvalue weighted by Gasteiger charge is -2.10. The Hall–Kier alpha value is -3.42. The van der Waals surface area contributed by atoms with E-state index in [9.17, 15) is 19.7 Å². The summed E-state index contributed by atoms with van der Waals surface area (Å²) in [5.41, 5.74) is 2.06. The Balaban J connectivity index is 1.81. The Morgan fingerprint density at radius 2 is 1.84 bits per heavy atom. The number of benzene rings is 2. The highest BCUT2D eigenvalue weighted by Crippen LogP contribution is 2.21. The fraction of sp³-hybridized carbons (Fsp3) is 0.176. The van der Waals surface area contributed by atoms with Crippen LogP contribution < -0.4 is 16.0 Å². The van der Waals surface area contributed by atoms with Crippen molar-refractivity contribution in [3.63, 3.8) is 0 Å². The van der Waals surface area contributed by atoms with E-state index >= 15 is 0 Å². The molecule has 2 rings (SSSR count). The molecule has 0 aliphatic heterocycles. The maximum atomic E-state index is 11.8. The van der Waals surface area contributed by atoms with Crippen molar-refractivity contribution in [2.24, 2.45) is 0 Å². The number of anilines is 1.